The van der Waals surface area contributed by atoms with E-state index in [0.29, 0.717) is 17.8 Å². The van der Waals surface area contributed by atoms with Crippen molar-refractivity contribution < 1.29 is 14.0 Å². The van der Waals surface area contributed by atoms with Crippen LogP contribution in [0.1, 0.15) is 32.9 Å². The average molecular weight is 352 g/mol. The molecule has 130 valence electrons. The highest BCUT2D eigenvalue weighted by Gasteiger charge is 2.12. The van der Waals surface area contributed by atoms with Crippen molar-refractivity contribution in [2.24, 2.45) is 0 Å². The normalized spacial score (nSPS) is 9.92. The van der Waals surface area contributed by atoms with Crippen LogP contribution in [0.2, 0.25) is 0 Å². The standard InChI is InChI=1S/C17H21N3O3.ClH/c1-12-6-7-13(16(21)19-9-4-8-18-2)11-14(12)20-17(22)15-5-3-10-23-15;/h3,5-7,10-11,18H,4,8-9H2,1-2H3,(H,19,21)(H,20,22);1H. The van der Waals surface area contributed by atoms with Crippen LogP contribution in [-0.4, -0.2) is 32.0 Å². The molecule has 0 spiro atoms. The Labute approximate surface area is 147 Å². The molecule has 6 nitrogen and oxygen atoms in total. The molecule has 2 rings (SSSR count). The summed E-state index contributed by atoms with van der Waals surface area (Å²) < 4.78 is 5.06. The molecule has 1 heterocycles. The fraction of sp³-hybridized carbons (Fsp3) is 0.294. The lowest BCUT2D eigenvalue weighted by atomic mass is 10.1. The molecular weight excluding hydrogens is 330 g/mol. The number of anilines is 1. The van der Waals surface area contributed by atoms with Crippen LogP contribution in [0.25, 0.3) is 0 Å². The smallest absolute Gasteiger partial charge is 0.291 e. The van der Waals surface area contributed by atoms with Crippen molar-refractivity contribution in [2.75, 3.05) is 25.5 Å². The number of rotatable bonds is 7. The molecule has 0 aliphatic heterocycles. The van der Waals surface area contributed by atoms with Crippen molar-refractivity contribution in [1.82, 2.24) is 10.6 Å². The monoisotopic (exact) mass is 351 g/mol. The summed E-state index contributed by atoms with van der Waals surface area (Å²) in [6.45, 7) is 3.31. The lowest BCUT2D eigenvalue weighted by molar-refractivity contribution is 0.0951. The Bertz CT molecular complexity index is 672. The number of halogens is 1. The summed E-state index contributed by atoms with van der Waals surface area (Å²) >= 11 is 0. The van der Waals surface area contributed by atoms with Crippen LogP contribution in [0.5, 0.6) is 0 Å². The molecule has 0 saturated carbocycles. The first-order valence-electron chi connectivity index (χ1n) is 7.50. The van der Waals surface area contributed by atoms with E-state index in [1.165, 1.54) is 6.26 Å². The number of carbonyl (C=O) groups excluding carboxylic acids is 2. The summed E-state index contributed by atoms with van der Waals surface area (Å²) in [4.78, 5) is 24.2. The van der Waals surface area contributed by atoms with E-state index in [4.69, 9.17) is 4.42 Å². The predicted molar refractivity (Wildman–Crippen MR) is 96.0 cm³/mol. The third-order valence-electron chi connectivity index (χ3n) is 3.38. The van der Waals surface area contributed by atoms with Crippen LogP contribution in [0.3, 0.4) is 0 Å². The molecule has 0 radical (unpaired) electrons. The SMILES string of the molecule is CNCCCNC(=O)c1ccc(C)c(NC(=O)c2ccco2)c1.Cl. The highest BCUT2D eigenvalue weighted by Crippen LogP contribution is 2.18. The van der Waals surface area contributed by atoms with Gasteiger partial charge in [-0.1, -0.05) is 6.07 Å². The van der Waals surface area contributed by atoms with Crippen molar-refractivity contribution in [3.63, 3.8) is 0 Å². The van der Waals surface area contributed by atoms with Gasteiger partial charge in [0.2, 0.25) is 0 Å². The average Bonchev–Trinajstić information content (AvgIpc) is 3.08. The largest absolute Gasteiger partial charge is 0.459 e. The van der Waals surface area contributed by atoms with Gasteiger partial charge in [-0.2, -0.15) is 0 Å². The van der Waals surface area contributed by atoms with Gasteiger partial charge >= 0.3 is 0 Å². The summed E-state index contributed by atoms with van der Waals surface area (Å²) in [5.74, 6) is -0.273. The van der Waals surface area contributed by atoms with Crippen LogP contribution in [0.15, 0.2) is 41.0 Å². The molecule has 0 aliphatic rings. The molecule has 0 fully saturated rings. The van der Waals surface area contributed by atoms with Gasteiger partial charge in [-0.25, -0.2) is 0 Å². The molecule has 2 aromatic rings. The van der Waals surface area contributed by atoms with E-state index in [-0.39, 0.29) is 30.0 Å². The molecule has 1 aromatic carbocycles. The lowest BCUT2D eigenvalue weighted by Crippen LogP contribution is -2.26. The number of amides is 2. The third kappa shape index (κ3) is 5.40. The van der Waals surface area contributed by atoms with E-state index < -0.39 is 0 Å². The first-order valence-corrected chi connectivity index (χ1v) is 7.50. The fourth-order valence-electron chi connectivity index (χ4n) is 2.06. The molecule has 2 amide bonds. The third-order valence-corrected chi connectivity index (χ3v) is 3.38. The zero-order valence-corrected chi connectivity index (χ0v) is 14.5. The Morgan fingerprint density at radius 1 is 1.12 bits per heavy atom. The van der Waals surface area contributed by atoms with E-state index in [1.807, 2.05) is 14.0 Å². The maximum Gasteiger partial charge on any atom is 0.291 e. The van der Waals surface area contributed by atoms with Crippen molar-refractivity contribution in [3.8, 4) is 0 Å². The van der Waals surface area contributed by atoms with Gasteiger partial charge in [0.05, 0.1) is 6.26 Å². The van der Waals surface area contributed by atoms with Crippen molar-refractivity contribution in [3.05, 3.63) is 53.5 Å². The summed E-state index contributed by atoms with van der Waals surface area (Å²) in [6, 6.07) is 8.45. The molecule has 24 heavy (non-hydrogen) atoms. The second kappa shape index (κ2) is 9.75. The molecular formula is C17H22ClN3O3. The van der Waals surface area contributed by atoms with Crippen LogP contribution in [0, 0.1) is 6.92 Å². The zero-order valence-electron chi connectivity index (χ0n) is 13.7. The topological polar surface area (TPSA) is 83.4 Å². The number of carbonyl (C=O) groups is 2. The minimum absolute atomic E-state index is 0. The summed E-state index contributed by atoms with van der Waals surface area (Å²) in [7, 11) is 1.87. The minimum atomic E-state index is -0.343. The van der Waals surface area contributed by atoms with Crippen molar-refractivity contribution >= 4 is 29.9 Å². The molecule has 1 aromatic heterocycles. The number of nitrogens with one attached hydrogen (secondary N) is 3. The van der Waals surface area contributed by atoms with Crippen molar-refractivity contribution in [2.45, 2.75) is 13.3 Å². The highest BCUT2D eigenvalue weighted by molar-refractivity contribution is 6.03. The van der Waals surface area contributed by atoms with Gasteiger partial charge < -0.3 is 20.4 Å². The quantitative estimate of drug-likeness (QED) is 0.669. The predicted octanol–water partition coefficient (Wildman–Crippen LogP) is 2.60. The minimum Gasteiger partial charge on any atom is -0.459 e. The Morgan fingerprint density at radius 3 is 2.58 bits per heavy atom. The van der Waals surface area contributed by atoms with Gasteiger partial charge in [-0.3, -0.25) is 9.59 Å². The molecule has 0 bridgehead atoms. The number of hydrogen-bond acceptors (Lipinski definition) is 4. The maximum absolute atomic E-state index is 12.1. The number of hydrogen-bond donors (Lipinski definition) is 3. The van der Waals surface area contributed by atoms with Gasteiger partial charge in [0.25, 0.3) is 11.8 Å². The van der Waals surface area contributed by atoms with E-state index in [9.17, 15) is 9.59 Å². The molecule has 0 aliphatic carbocycles. The van der Waals surface area contributed by atoms with Gasteiger partial charge in [-0.15, -0.1) is 12.4 Å². The number of aryl methyl sites for hydroxylation is 1. The molecule has 0 saturated heterocycles. The summed E-state index contributed by atoms with van der Waals surface area (Å²) in [6.07, 6.45) is 2.30. The zero-order chi connectivity index (χ0) is 16.7. The summed E-state index contributed by atoms with van der Waals surface area (Å²) in [5, 5.41) is 8.64. The second-order valence-electron chi connectivity index (χ2n) is 5.17. The number of furan rings is 1. The van der Waals surface area contributed by atoms with Crippen LogP contribution in [-0.2, 0) is 0 Å². The number of benzene rings is 1. The van der Waals surface area contributed by atoms with Gasteiger partial charge in [-0.05, 0) is 56.8 Å². The Morgan fingerprint density at radius 2 is 1.92 bits per heavy atom. The van der Waals surface area contributed by atoms with Crippen LogP contribution >= 0.6 is 12.4 Å². The van der Waals surface area contributed by atoms with E-state index in [0.717, 1.165) is 18.5 Å². The van der Waals surface area contributed by atoms with Gasteiger partial charge in [0.1, 0.15) is 0 Å². The Kier molecular flexibility index (Phi) is 8.01. The second-order valence-corrected chi connectivity index (χ2v) is 5.17. The molecule has 0 unspecified atom stereocenters. The van der Waals surface area contributed by atoms with E-state index in [2.05, 4.69) is 16.0 Å². The maximum atomic E-state index is 12.1. The van der Waals surface area contributed by atoms with Gasteiger partial charge in [0.15, 0.2) is 5.76 Å². The van der Waals surface area contributed by atoms with Crippen LogP contribution in [0.4, 0.5) is 5.69 Å². The molecule has 0 atom stereocenters. The highest BCUT2D eigenvalue weighted by atomic mass is 35.5. The first kappa shape index (κ1) is 19.7. The Hall–Kier alpha value is -2.31. The fourth-order valence-corrected chi connectivity index (χ4v) is 2.06. The van der Waals surface area contributed by atoms with Crippen LogP contribution < -0.4 is 16.0 Å². The van der Waals surface area contributed by atoms with E-state index in [1.54, 1.807) is 30.3 Å². The van der Waals surface area contributed by atoms with Gasteiger partial charge in [0, 0.05) is 17.8 Å². The lowest BCUT2D eigenvalue weighted by Gasteiger charge is -2.10. The molecule has 3 N–H and O–H groups in total. The van der Waals surface area contributed by atoms with Crippen molar-refractivity contribution in [1.29, 1.82) is 0 Å². The Balaban J connectivity index is 0.00000288. The van der Waals surface area contributed by atoms with E-state index >= 15 is 0 Å². The molecule has 7 heteroatoms. The first-order chi connectivity index (χ1) is 11.1. The summed E-state index contributed by atoms with van der Waals surface area (Å²) in [5.41, 5.74) is 1.97.